The van der Waals surface area contributed by atoms with Gasteiger partial charge in [-0.3, -0.25) is 19.7 Å². The van der Waals surface area contributed by atoms with Crippen LogP contribution in [0.25, 0.3) is 0 Å². The number of aliphatic imine (C=N–C) groups is 1. The number of nitrogens with zero attached hydrogens (tertiary/aromatic N) is 3. The summed E-state index contributed by atoms with van der Waals surface area (Å²) < 4.78 is 0. The second-order valence-corrected chi connectivity index (χ2v) is 7.18. The van der Waals surface area contributed by atoms with Crippen molar-refractivity contribution in [3.63, 3.8) is 0 Å². The van der Waals surface area contributed by atoms with Gasteiger partial charge in [-0.1, -0.05) is 11.6 Å². The summed E-state index contributed by atoms with van der Waals surface area (Å²) in [6.45, 7) is 4.02. The van der Waals surface area contributed by atoms with Crippen LogP contribution in [-0.4, -0.2) is 24.2 Å². The number of allylic oxidation sites excluding steroid dienone is 1. The Bertz CT molecular complexity index is 918. The summed E-state index contributed by atoms with van der Waals surface area (Å²) in [6, 6.07) is 7.35. The molecule has 26 heavy (non-hydrogen) atoms. The van der Waals surface area contributed by atoms with E-state index in [0.717, 1.165) is 22.4 Å². The summed E-state index contributed by atoms with van der Waals surface area (Å²) in [4.78, 5) is 23.1. The van der Waals surface area contributed by atoms with Crippen molar-refractivity contribution in [2.75, 3.05) is 11.9 Å². The van der Waals surface area contributed by atoms with Crippen LogP contribution in [0.15, 0.2) is 53.4 Å². The van der Waals surface area contributed by atoms with Gasteiger partial charge in [0.05, 0.1) is 17.4 Å². The number of anilines is 1. The molecule has 2 N–H and O–H groups in total. The molecule has 0 bridgehead atoms. The average molecular weight is 369 g/mol. The summed E-state index contributed by atoms with van der Waals surface area (Å²) in [6.07, 6.45) is 7.32. The molecule has 0 fully saturated rings. The normalized spacial score (nSPS) is 16.4. The second-order valence-electron chi connectivity index (χ2n) is 6.75. The molecule has 0 saturated carbocycles. The van der Waals surface area contributed by atoms with Crippen LogP contribution in [-0.2, 0) is 12.0 Å². The first kappa shape index (κ1) is 18.1. The second kappa shape index (κ2) is 6.92. The monoisotopic (exact) mass is 368 g/mol. The van der Waals surface area contributed by atoms with Gasteiger partial charge in [0.2, 0.25) is 0 Å². The minimum atomic E-state index is -0.519. The number of benzene rings is 1. The Labute approximate surface area is 158 Å². The van der Waals surface area contributed by atoms with E-state index in [2.05, 4.69) is 9.98 Å². The molecular formula is C20H21ClN4O. The molecule has 0 radical (unpaired) electrons. The van der Waals surface area contributed by atoms with Crippen LogP contribution in [0.2, 0.25) is 5.02 Å². The molecule has 1 aliphatic heterocycles. The van der Waals surface area contributed by atoms with Crippen LogP contribution in [0.5, 0.6) is 0 Å². The van der Waals surface area contributed by atoms with Gasteiger partial charge in [-0.2, -0.15) is 0 Å². The maximum Gasteiger partial charge on any atom is 0.259 e. The summed E-state index contributed by atoms with van der Waals surface area (Å²) in [7, 11) is 1.70. The molecule has 3 rings (SSSR count). The van der Waals surface area contributed by atoms with Gasteiger partial charge in [-0.15, -0.1) is 0 Å². The molecule has 6 heteroatoms. The van der Waals surface area contributed by atoms with Crippen LogP contribution in [0, 0.1) is 0 Å². The number of aromatic nitrogens is 1. The lowest BCUT2D eigenvalue weighted by Crippen LogP contribution is -2.39. The van der Waals surface area contributed by atoms with Gasteiger partial charge in [-0.05, 0) is 61.0 Å². The standard InChI is InChI=1S/C20H21ClN4O/c1-20(2)18-8-15(21)4-5-17(18)19(26)25(20)16-7-13(11-24-12-16)6-14(9-22)10-23-3/h4-5,7-12H,6,22H2,1-3H3. The first-order valence-electron chi connectivity index (χ1n) is 8.30. The van der Waals surface area contributed by atoms with Gasteiger partial charge in [0.25, 0.3) is 5.91 Å². The number of nitrogens with two attached hydrogens (primary N) is 1. The quantitative estimate of drug-likeness (QED) is 0.836. The van der Waals surface area contributed by atoms with Gasteiger partial charge in [0, 0.05) is 36.5 Å². The molecule has 5 nitrogen and oxygen atoms in total. The fourth-order valence-electron chi connectivity index (χ4n) is 3.39. The van der Waals surface area contributed by atoms with E-state index in [4.69, 9.17) is 17.3 Å². The molecule has 0 unspecified atom stereocenters. The summed E-state index contributed by atoms with van der Waals surface area (Å²) >= 11 is 6.15. The Kier molecular flexibility index (Phi) is 4.83. The number of rotatable bonds is 4. The number of carbonyl (C=O) groups excluding carboxylic acids is 1. The molecule has 0 atom stereocenters. The molecule has 1 amide bonds. The Morgan fingerprint density at radius 1 is 1.35 bits per heavy atom. The molecule has 2 aromatic rings. The van der Waals surface area contributed by atoms with Crippen molar-refractivity contribution >= 4 is 29.4 Å². The number of fused-ring (bicyclic) bond motifs is 1. The zero-order chi connectivity index (χ0) is 18.9. The van der Waals surface area contributed by atoms with Crippen LogP contribution in [0.1, 0.15) is 35.3 Å². The van der Waals surface area contributed by atoms with Crippen LogP contribution in [0.3, 0.4) is 0 Å². The van der Waals surface area contributed by atoms with E-state index in [-0.39, 0.29) is 5.91 Å². The number of hydrogen-bond donors (Lipinski definition) is 1. The van der Waals surface area contributed by atoms with Gasteiger partial charge in [0.1, 0.15) is 0 Å². The molecular weight excluding hydrogens is 348 g/mol. The SMILES string of the molecule is CN=CC(=CN)Cc1cncc(N2C(=O)c3ccc(Cl)cc3C2(C)C)c1. The molecule has 0 spiro atoms. The first-order chi connectivity index (χ1) is 12.4. The van der Waals surface area contributed by atoms with Crippen molar-refractivity contribution in [2.24, 2.45) is 10.7 Å². The fraction of sp³-hybridized carbons (Fsp3) is 0.250. The average Bonchev–Trinajstić information content (AvgIpc) is 2.80. The van der Waals surface area contributed by atoms with Crippen LogP contribution < -0.4 is 10.6 Å². The lowest BCUT2D eigenvalue weighted by atomic mass is 9.93. The van der Waals surface area contributed by atoms with E-state index in [0.29, 0.717) is 17.0 Å². The molecule has 0 aliphatic carbocycles. The highest BCUT2D eigenvalue weighted by Gasteiger charge is 2.44. The Morgan fingerprint density at radius 3 is 2.81 bits per heavy atom. The lowest BCUT2D eigenvalue weighted by Gasteiger charge is -2.32. The number of hydrogen-bond acceptors (Lipinski definition) is 4. The summed E-state index contributed by atoms with van der Waals surface area (Å²) in [5.41, 5.74) is 9.31. The first-order valence-corrected chi connectivity index (χ1v) is 8.67. The van der Waals surface area contributed by atoms with Crippen molar-refractivity contribution in [1.82, 2.24) is 4.98 Å². The smallest absolute Gasteiger partial charge is 0.259 e. The predicted molar refractivity (Wildman–Crippen MR) is 106 cm³/mol. The third-order valence-corrected chi connectivity index (χ3v) is 4.82. The van der Waals surface area contributed by atoms with Gasteiger partial charge >= 0.3 is 0 Å². The number of carbonyl (C=O) groups is 1. The van der Waals surface area contributed by atoms with Gasteiger partial charge < -0.3 is 5.73 Å². The highest BCUT2D eigenvalue weighted by Crippen LogP contribution is 2.42. The fourth-order valence-corrected chi connectivity index (χ4v) is 3.56. The van der Waals surface area contributed by atoms with E-state index in [1.54, 1.807) is 42.7 Å². The maximum atomic E-state index is 13.0. The number of halogens is 1. The van der Waals surface area contributed by atoms with Crippen LogP contribution >= 0.6 is 11.6 Å². The summed E-state index contributed by atoms with van der Waals surface area (Å²) in [5.74, 6) is -0.0506. The molecule has 2 heterocycles. The minimum absolute atomic E-state index is 0.0506. The van der Waals surface area contributed by atoms with Crippen molar-refractivity contribution < 1.29 is 4.79 Å². The van der Waals surface area contributed by atoms with Crippen molar-refractivity contribution in [2.45, 2.75) is 25.8 Å². The van der Waals surface area contributed by atoms with E-state index in [1.807, 2.05) is 26.0 Å². The Balaban J connectivity index is 2.00. The largest absolute Gasteiger partial charge is 0.404 e. The van der Waals surface area contributed by atoms with E-state index in [9.17, 15) is 4.79 Å². The zero-order valence-electron chi connectivity index (χ0n) is 15.0. The third-order valence-electron chi connectivity index (χ3n) is 4.59. The van der Waals surface area contributed by atoms with Crippen molar-refractivity contribution in [1.29, 1.82) is 0 Å². The van der Waals surface area contributed by atoms with Crippen molar-refractivity contribution in [3.05, 3.63) is 70.1 Å². The predicted octanol–water partition coefficient (Wildman–Crippen LogP) is 3.72. The van der Waals surface area contributed by atoms with E-state index < -0.39 is 5.54 Å². The maximum absolute atomic E-state index is 13.0. The van der Waals surface area contributed by atoms with Crippen molar-refractivity contribution in [3.8, 4) is 0 Å². The molecule has 1 aliphatic rings. The van der Waals surface area contributed by atoms with Gasteiger partial charge in [0.15, 0.2) is 0 Å². The number of pyridine rings is 1. The Hall–Kier alpha value is -2.66. The molecule has 1 aromatic carbocycles. The molecule has 134 valence electrons. The molecule has 1 aromatic heterocycles. The van der Waals surface area contributed by atoms with E-state index in [1.165, 1.54) is 6.20 Å². The zero-order valence-corrected chi connectivity index (χ0v) is 15.8. The molecule has 0 saturated heterocycles. The lowest BCUT2D eigenvalue weighted by molar-refractivity contribution is 0.0982. The third kappa shape index (κ3) is 3.10. The van der Waals surface area contributed by atoms with Crippen LogP contribution in [0.4, 0.5) is 5.69 Å². The highest BCUT2D eigenvalue weighted by molar-refractivity contribution is 6.31. The van der Waals surface area contributed by atoms with E-state index >= 15 is 0 Å². The number of amides is 1. The summed E-state index contributed by atoms with van der Waals surface area (Å²) in [5, 5.41) is 0.620. The minimum Gasteiger partial charge on any atom is -0.404 e. The van der Waals surface area contributed by atoms with Gasteiger partial charge in [-0.25, -0.2) is 0 Å². The highest BCUT2D eigenvalue weighted by atomic mass is 35.5. The Morgan fingerprint density at radius 2 is 2.12 bits per heavy atom. The topological polar surface area (TPSA) is 71.6 Å².